The Morgan fingerprint density at radius 1 is 1.24 bits per heavy atom. The number of imidazole rings is 1. The van der Waals surface area contributed by atoms with Crippen molar-refractivity contribution in [2.45, 2.75) is 13.3 Å². The topological polar surface area (TPSA) is 54.8 Å². The van der Waals surface area contributed by atoms with Crippen LogP contribution in [0.15, 0.2) is 18.6 Å². The lowest BCUT2D eigenvalue weighted by Crippen LogP contribution is -2.23. The van der Waals surface area contributed by atoms with Gasteiger partial charge in [-0.15, -0.1) is 0 Å². The molecule has 0 unspecified atom stereocenters. The summed E-state index contributed by atoms with van der Waals surface area (Å²) in [4.78, 5) is 8.67. The van der Waals surface area contributed by atoms with Crippen molar-refractivity contribution in [2.24, 2.45) is 7.05 Å². The number of anilines is 1. The third kappa shape index (κ3) is 2.74. The van der Waals surface area contributed by atoms with Crippen LogP contribution in [-0.4, -0.2) is 34.2 Å². The van der Waals surface area contributed by atoms with Gasteiger partial charge in [0.1, 0.15) is 5.52 Å². The summed E-state index contributed by atoms with van der Waals surface area (Å²) in [6.07, 6.45) is 4.78. The number of nitrogens with one attached hydrogen (secondary N) is 2. The van der Waals surface area contributed by atoms with E-state index < -0.39 is 0 Å². The van der Waals surface area contributed by atoms with Gasteiger partial charge in [0.25, 0.3) is 0 Å². The summed E-state index contributed by atoms with van der Waals surface area (Å²) in [6, 6.07) is 1.98. The van der Waals surface area contributed by atoms with E-state index in [1.165, 1.54) is 0 Å². The van der Waals surface area contributed by atoms with E-state index in [-0.39, 0.29) is 0 Å². The van der Waals surface area contributed by atoms with E-state index in [9.17, 15) is 0 Å². The smallest absolute Gasteiger partial charge is 0.154 e. The van der Waals surface area contributed by atoms with E-state index in [2.05, 4.69) is 27.5 Å². The van der Waals surface area contributed by atoms with E-state index in [1.807, 2.05) is 30.2 Å². The number of pyridine rings is 1. The largest absolute Gasteiger partial charge is 0.367 e. The molecule has 0 saturated carbocycles. The Morgan fingerprint density at radius 2 is 2.12 bits per heavy atom. The summed E-state index contributed by atoms with van der Waals surface area (Å²) in [6.45, 7) is 5.03. The zero-order valence-electron chi connectivity index (χ0n) is 10.4. The SMILES string of the molecule is CCCNCCNc1nccc2c1ncn2C. The fraction of sp³-hybridized carbons (Fsp3) is 0.500. The number of hydrogen-bond donors (Lipinski definition) is 2. The minimum atomic E-state index is 0.862. The molecule has 5 heteroatoms. The first-order valence-corrected chi connectivity index (χ1v) is 6.03. The molecule has 0 saturated heterocycles. The van der Waals surface area contributed by atoms with Gasteiger partial charge in [-0.25, -0.2) is 9.97 Å². The second kappa shape index (κ2) is 5.63. The van der Waals surface area contributed by atoms with Crippen LogP contribution in [0.2, 0.25) is 0 Å². The molecule has 2 heterocycles. The Balaban J connectivity index is 1.99. The molecule has 0 bridgehead atoms. The van der Waals surface area contributed by atoms with Gasteiger partial charge in [-0.1, -0.05) is 6.92 Å². The minimum absolute atomic E-state index is 0.862. The van der Waals surface area contributed by atoms with Gasteiger partial charge in [0.15, 0.2) is 5.82 Å². The van der Waals surface area contributed by atoms with Crippen LogP contribution >= 0.6 is 0 Å². The number of aryl methyl sites for hydroxylation is 1. The van der Waals surface area contributed by atoms with Gasteiger partial charge in [-0.2, -0.15) is 0 Å². The molecule has 2 aromatic rings. The highest BCUT2D eigenvalue weighted by molar-refractivity contribution is 5.85. The van der Waals surface area contributed by atoms with Crippen LogP contribution in [0, 0.1) is 0 Å². The van der Waals surface area contributed by atoms with E-state index in [0.29, 0.717) is 0 Å². The van der Waals surface area contributed by atoms with Crippen molar-refractivity contribution < 1.29 is 0 Å². The van der Waals surface area contributed by atoms with Crippen molar-refractivity contribution in [3.63, 3.8) is 0 Å². The van der Waals surface area contributed by atoms with Crippen LogP contribution in [0.5, 0.6) is 0 Å². The molecule has 2 rings (SSSR count). The van der Waals surface area contributed by atoms with Crippen molar-refractivity contribution >= 4 is 16.9 Å². The summed E-state index contributed by atoms with van der Waals surface area (Å²) >= 11 is 0. The first-order chi connectivity index (χ1) is 8.33. The first-order valence-electron chi connectivity index (χ1n) is 6.03. The maximum absolute atomic E-state index is 4.35. The number of nitrogens with zero attached hydrogens (tertiary/aromatic N) is 3. The lowest BCUT2D eigenvalue weighted by Gasteiger charge is -2.06. The van der Waals surface area contributed by atoms with E-state index in [0.717, 1.165) is 42.9 Å². The predicted octanol–water partition coefficient (Wildman–Crippen LogP) is 1.38. The third-order valence-corrected chi connectivity index (χ3v) is 2.66. The molecule has 2 aromatic heterocycles. The van der Waals surface area contributed by atoms with Gasteiger partial charge in [-0.3, -0.25) is 0 Å². The highest BCUT2D eigenvalue weighted by atomic mass is 15.1. The maximum Gasteiger partial charge on any atom is 0.154 e. The fourth-order valence-corrected chi connectivity index (χ4v) is 1.76. The Hall–Kier alpha value is -1.62. The van der Waals surface area contributed by atoms with Crippen LogP contribution in [0.4, 0.5) is 5.82 Å². The molecule has 0 spiro atoms. The molecule has 0 aliphatic heterocycles. The number of fused-ring (bicyclic) bond motifs is 1. The molecule has 0 radical (unpaired) electrons. The van der Waals surface area contributed by atoms with Crippen molar-refractivity contribution in [3.05, 3.63) is 18.6 Å². The molecule has 2 N–H and O–H groups in total. The summed E-state index contributed by atoms with van der Waals surface area (Å²) < 4.78 is 2.00. The standard InChI is InChI=1S/C12H19N5/c1-3-5-13-7-8-15-12-11-10(4-6-14-12)17(2)9-16-11/h4,6,9,13H,3,5,7-8H2,1-2H3,(H,14,15). The van der Waals surface area contributed by atoms with Crippen molar-refractivity contribution in [1.29, 1.82) is 0 Å². The minimum Gasteiger partial charge on any atom is -0.367 e. The van der Waals surface area contributed by atoms with Crippen molar-refractivity contribution in [2.75, 3.05) is 25.0 Å². The lowest BCUT2D eigenvalue weighted by molar-refractivity contribution is 0.687. The van der Waals surface area contributed by atoms with Gasteiger partial charge in [0, 0.05) is 26.3 Å². The van der Waals surface area contributed by atoms with Crippen LogP contribution in [0.1, 0.15) is 13.3 Å². The molecule has 0 aliphatic rings. The number of aromatic nitrogens is 3. The number of rotatable bonds is 6. The third-order valence-electron chi connectivity index (χ3n) is 2.66. The van der Waals surface area contributed by atoms with E-state index >= 15 is 0 Å². The monoisotopic (exact) mass is 233 g/mol. The van der Waals surface area contributed by atoms with Gasteiger partial charge in [-0.05, 0) is 19.0 Å². The Labute approximate surface area is 101 Å². The molecule has 92 valence electrons. The Morgan fingerprint density at radius 3 is 2.94 bits per heavy atom. The average molecular weight is 233 g/mol. The normalized spacial score (nSPS) is 10.9. The van der Waals surface area contributed by atoms with Crippen LogP contribution < -0.4 is 10.6 Å². The molecule has 0 aromatic carbocycles. The fourth-order valence-electron chi connectivity index (χ4n) is 1.76. The molecular weight excluding hydrogens is 214 g/mol. The van der Waals surface area contributed by atoms with Crippen LogP contribution in [0.3, 0.4) is 0 Å². The summed E-state index contributed by atoms with van der Waals surface area (Å²) in [5.74, 6) is 0.862. The molecular formula is C12H19N5. The quantitative estimate of drug-likeness (QED) is 0.740. The van der Waals surface area contributed by atoms with Gasteiger partial charge < -0.3 is 15.2 Å². The zero-order chi connectivity index (χ0) is 12.1. The van der Waals surface area contributed by atoms with Crippen LogP contribution in [0.25, 0.3) is 11.0 Å². The molecule has 17 heavy (non-hydrogen) atoms. The van der Waals surface area contributed by atoms with E-state index in [1.54, 1.807) is 0 Å². The number of hydrogen-bond acceptors (Lipinski definition) is 4. The maximum atomic E-state index is 4.35. The summed E-state index contributed by atoms with van der Waals surface area (Å²) in [5, 5.41) is 6.65. The van der Waals surface area contributed by atoms with E-state index in [4.69, 9.17) is 0 Å². The first kappa shape index (κ1) is 11.9. The second-order valence-corrected chi connectivity index (χ2v) is 4.06. The lowest BCUT2D eigenvalue weighted by atomic mass is 10.3. The van der Waals surface area contributed by atoms with Crippen LogP contribution in [-0.2, 0) is 7.05 Å². The molecule has 0 atom stereocenters. The zero-order valence-corrected chi connectivity index (χ0v) is 10.4. The van der Waals surface area contributed by atoms with Gasteiger partial charge in [0.05, 0.1) is 11.8 Å². The highest BCUT2D eigenvalue weighted by Gasteiger charge is 2.05. The average Bonchev–Trinajstić information content (AvgIpc) is 2.72. The summed E-state index contributed by atoms with van der Waals surface area (Å²) in [5.41, 5.74) is 2.04. The van der Waals surface area contributed by atoms with Crippen molar-refractivity contribution in [3.8, 4) is 0 Å². The Bertz CT molecular complexity index is 477. The van der Waals surface area contributed by atoms with Gasteiger partial charge in [0.2, 0.25) is 0 Å². The molecule has 0 aliphatic carbocycles. The molecule has 5 nitrogen and oxygen atoms in total. The predicted molar refractivity (Wildman–Crippen MR) is 70.2 cm³/mol. The van der Waals surface area contributed by atoms with Crippen molar-refractivity contribution in [1.82, 2.24) is 19.9 Å². The summed E-state index contributed by atoms with van der Waals surface area (Å²) in [7, 11) is 1.99. The molecule has 0 amide bonds. The van der Waals surface area contributed by atoms with Gasteiger partial charge >= 0.3 is 0 Å². The Kier molecular flexibility index (Phi) is 3.93. The highest BCUT2D eigenvalue weighted by Crippen LogP contribution is 2.17. The second-order valence-electron chi connectivity index (χ2n) is 4.06. The molecule has 0 fully saturated rings.